The molecule has 0 fully saturated rings. The molecule has 0 unspecified atom stereocenters. The summed E-state index contributed by atoms with van der Waals surface area (Å²) < 4.78 is 13.3. The zero-order chi connectivity index (χ0) is 20.8. The molecule has 2 N–H and O–H groups in total. The fraction of sp³-hybridized carbons (Fsp3) is 0.0800. The van der Waals surface area contributed by atoms with E-state index in [1.807, 2.05) is 48.5 Å². The van der Waals surface area contributed by atoms with Gasteiger partial charge in [0.05, 0.1) is 5.69 Å². The third kappa shape index (κ3) is 4.81. The fourth-order valence-corrected chi connectivity index (χ4v) is 4.26. The van der Waals surface area contributed by atoms with Crippen LogP contribution in [0.3, 0.4) is 0 Å². The number of aromatic amines is 1. The van der Waals surface area contributed by atoms with Gasteiger partial charge in [-0.2, -0.15) is 0 Å². The van der Waals surface area contributed by atoms with E-state index in [1.165, 1.54) is 12.1 Å². The van der Waals surface area contributed by atoms with Crippen LogP contribution < -0.4 is 5.32 Å². The number of carbonyl (C=O) groups excluding carboxylic acids is 1. The van der Waals surface area contributed by atoms with Crippen LogP contribution >= 0.6 is 11.8 Å². The molecule has 0 atom stereocenters. The molecule has 5 heteroatoms. The van der Waals surface area contributed by atoms with Crippen molar-refractivity contribution in [3.05, 3.63) is 96.3 Å². The van der Waals surface area contributed by atoms with Crippen molar-refractivity contribution in [1.82, 2.24) is 10.3 Å². The van der Waals surface area contributed by atoms with Gasteiger partial charge in [-0.3, -0.25) is 4.79 Å². The molecule has 0 aliphatic rings. The van der Waals surface area contributed by atoms with Gasteiger partial charge in [0, 0.05) is 34.2 Å². The quantitative estimate of drug-likeness (QED) is 0.224. The Balaban J connectivity index is 1.42. The Morgan fingerprint density at radius 3 is 2.50 bits per heavy atom. The predicted octanol–water partition coefficient (Wildman–Crippen LogP) is 5.90. The Bertz CT molecular complexity index is 1170. The molecule has 0 spiro atoms. The summed E-state index contributed by atoms with van der Waals surface area (Å²) in [6, 6.07) is 24.3. The molecule has 0 bridgehead atoms. The molecule has 0 saturated carbocycles. The lowest BCUT2D eigenvalue weighted by atomic mass is 10.1. The van der Waals surface area contributed by atoms with E-state index in [4.69, 9.17) is 0 Å². The maximum atomic E-state index is 13.3. The summed E-state index contributed by atoms with van der Waals surface area (Å²) in [4.78, 5) is 16.6. The summed E-state index contributed by atoms with van der Waals surface area (Å²) in [5, 5.41) is 4.05. The van der Waals surface area contributed by atoms with Gasteiger partial charge < -0.3 is 10.3 Å². The first kappa shape index (κ1) is 20.0. The lowest BCUT2D eigenvalue weighted by Crippen LogP contribution is -2.23. The largest absolute Gasteiger partial charge is 0.354 e. The summed E-state index contributed by atoms with van der Waals surface area (Å²) in [7, 11) is 0. The second kappa shape index (κ2) is 9.46. The number of aromatic nitrogens is 1. The molecule has 0 radical (unpaired) electrons. The third-order valence-electron chi connectivity index (χ3n) is 4.67. The van der Waals surface area contributed by atoms with Gasteiger partial charge in [-0.25, -0.2) is 4.39 Å². The summed E-state index contributed by atoms with van der Waals surface area (Å²) in [5.74, 6) is 0.355. The first-order valence-corrected chi connectivity index (χ1v) is 10.7. The average Bonchev–Trinajstić information content (AvgIpc) is 3.15. The third-order valence-corrected chi connectivity index (χ3v) is 5.79. The van der Waals surface area contributed by atoms with Gasteiger partial charge >= 0.3 is 0 Å². The van der Waals surface area contributed by atoms with Crippen LogP contribution in [0.2, 0.25) is 0 Å². The maximum absolute atomic E-state index is 13.3. The highest BCUT2D eigenvalue weighted by molar-refractivity contribution is 7.99. The van der Waals surface area contributed by atoms with Gasteiger partial charge in [-0.1, -0.05) is 48.5 Å². The zero-order valence-corrected chi connectivity index (χ0v) is 17.1. The Labute approximate surface area is 179 Å². The number of thioether (sulfide) groups is 1. The Morgan fingerprint density at radius 2 is 1.70 bits per heavy atom. The van der Waals surface area contributed by atoms with Gasteiger partial charge in [0.15, 0.2) is 0 Å². The molecular formula is C25H21FN2OS. The molecule has 3 aromatic carbocycles. The van der Waals surface area contributed by atoms with E-state index in [0.29, 0.717) is 6.54 Å². The molecule has 150 valence electrons. The van der Waals surface area contributed by atoms with Crippen molar-refractivity contribution in [2.45, 2.75) is 4.90 Å². The Morgan fingerprint density at radius 1 is 0.967 bits per heavy atom. The van der Waals surface area contributed by atoms with Crippen molar-refractivity contribution in [3.8, 4) is 11.3 Å². The monoisotopic (exact) mass is 416 g/mol. The minimum atomic E-state index is -0.254. The van der Waals surface area contributed by atoms with Crippen LogP contribution in [0.25, 0.3) is 28.2 Å². The van der Waals surface area contributed by atoms with Crippen molar-refractivity contribution in [2.24, 2.45) is 0 Å². The summed E-state index contributed by atoms with van der Waals surface area (Å²) in [6.45, 7) is 0.547. The number of carbonyl (C=O) groups is 1. The molecular weight excluding hydrogens is 395 g/mol. The number of rotatable bonds is 7. The Hall–Kier alpha value is -3.31. The highest BCUT2D eigenvalue weighted by Gasteiger charge is 2.13. The molecule has 1 aromatic heterocycles. The van der Waals surface area contributed by atoms with Crippen LogP contribution in [-0.4, -0.2) is 23.2 Å². The molecule has 0 aliphatic carbocycles. The number of hydrogen-bond donors (Lipinski definition) is 2. The van der Waals surface area contributed by atoms with Gasteiger partial charge in [0.1, 0.15) is 5.82 Å². The molecule has 1 amide bonds. The highest BCUT2D eigenvalue weighted by Crippen LogP contribution is 2.37. The van der Waals surface area contributed by atoms with E-state index in [9.17, 15) is 9.18 Å². The first-order chi connectivity index (χ1) is 14.7. The van der Waals surface area contributed by atoms with Crippen molar-refractivity contribution in [1.29, 1.82) is 0 Å². The summed E-state index contributed by atoms with van der Waals surface area (Å²) in [5.41, 5.74) is 3.93. The zero-order valence-electron chi connectivity index (χ0n) is 16.3. The second-order valence-corrected chi connectivity index (χ2v) is 7.87. The first-order valence-electron chi connectivity index (χ1n) is 9.71. The molecule has 1 heterocycles. The number of nitrogens with one attached hydrogen (secondary N) is 2. The number of amides is 1. The average molecular weight is 417 g/mol. The van der Waals surface area contributed by atoms with Crippen molar-refractivity contribution in [2.75, 3.05) is 12.3 Å². The molecule has 3 nitrogen and oxygen atoms in total. The van der Waals surface area contributed by atoms with E-state index in [-0.39, 0.29) is 11.7 Å². The van der Waals surface area contributed by atoms with Crippen LogP contribution in [0, 0.1) is 5.82 Å². The molecule has 0 saturated heterocycles. The van der Waals surface area contributed by atoms with Gasteiger partial charge in [-0.05, 0) is 47.5 Å². The number of hydrogen-bond acceptors (Lipinski definition) is 2. The van der Waals surface area contributed by atoms with E-state index in [2.05, 4.69) is 16.4 Å². The molecule has 4 aromatic rings. The van der Waals surface area contributed by atoms with E-state index >= 15 is 0 Å². The van der Waals surface area contributed by atoms with Gasteiger partial charge in [0.2, 0.25) is 5.91 Å². The smallest absolute Gasteiger partial charge is 0.244 e. The summed E-state index contributed by atoms with van der Waals surface area (Å²) in [6.07, 6.45) is 3.35. The Kier molecular flexibility index (Phi) is 6.30. The lowest BCUT2D eigenvalue weighted by molar-refractivity contribution is -0.116. The van der Waals surface area contributed by atoms with E-state index in [0.717, 1.165) is 38.4 Å². The van der Waals surface area contributed by atoms with Crippen molar-refractivity contribution < 1.29 is 9.18 Å². The number of halogens is 1. The topological polar surface area (TPSA) is 44.9 Å². The van der Waals surface area contributed by atoms with Crippen LogP contribution in [0.4, 0.5) is 4.39 Å². The van der Waals surface area contributed by atoms with Crippen molar-refractivity contribution in [3.63, 3.8) is 0 Å². The van der Waals surface area contributed by atoms with Crippen LogP contribution in [0.15, 0.2) is 89.8 Å². The standard InChI is InChI=1S/C25H21FN2OS/c26-20-13-11-19(12-14-20)24-25(21-8-4-5-9-22(21)28-24)30-17-16-27-23(29)15-10-18-6-2-1-3-7-18/h1-15,28H,16-17H2,(H,27,29). The fourth-order valence-electron chi connectivity index (χ4n) is 3.21. The van der Waals surface area contributed by atoms with Crippen LogP contribution in [-0.2, 0) is 4.79 Å². The van der Waals surface area contributed by atoms with Gasteiger partial charge in [-0.15, -0.1) is 11.8 Å². The number of para-hydroxylation sites is 1. The SMILES string of the molecule is O=C(C=Cc1ccccc1)NCCSc1c(-c2ccc(F)cc2)[nH]c2ccccc12. The molecule has 0 aliphatic heterocycles. The van der Waals surface area contributed by atoms with Gasteiger partial charge in [0.25, 0.3) is 0 Å². The normalized spacial score (nSPS) is 11.2. The highest BCUT2D eigenvalue weighted by atomic mass is 32.2. The number of benzene rings is 3. The predicted molar refractivity (Wildman–Crippen MR) is 123 cm³/mol. The molecule has 4 rings (SSSR count). The van der Waals surface area contributed by atoms with E-state index in [1.54, 1.807) is 36.0 Å². The van der Waals surface area contributed by atoms with Crippen LogP contribution in [0.1, 0.15) is 5.56 Å². The van der Waals surface area contributed by atoms with Crippen molar-refractivity contribution >= 4 is 34.6 Å². The molecule has 30 heavy (non-hydrogen) atoms. The van der Waals surface area contributed by atoms with Crippen LogP contribution in [0.5, 0.6) is 0 Å². The van der Waals surface area contributed by atoms with E-state index < -0.39 is 0 Å². The maximum Gasteiger partial charge on any atom is 0.244 e. The second-order valence-electron chi connectivity index (χ2n) is 6.77. The lowest BCUT2D eigenvalue weighted by Gasteiger charge is -2.06. The number of fused-ring (bicyclic) bond motifs is 1. The summed E-state index contributed by atoms with van der Waals surface area (Å²) >= 11 is 1.67. The minimum absolute atomic E-state index is 0.114. The number of H-pyrrole nitrogens is 1. The minimum Gasteiger partial charge on any atom is -0.354 e.